The summed E-state index contributed by atoms with van der Waals surface area (Å²) >= 11 is 0. The van der Waals surface area contributed by atoms with Gasteiger partial charge in [0, 0.05) is 5.30 Å². The lowest BCUT2D eigenvalue weighted by atomic mass is 10.1. The highest BCUT2D eigenvalue weighted by atomic mass is 32.1. The molecule has 12 heavy (non-hydrogen) atoms. The SMILES string of the molecule is Cc1ccccc1-c1c[pH]pp1. The van der Waals surface area contributed by atoms with E-state index >= 15 is 0 Å². The van der Waals surface area contributed by atoms with Crippen molar-refractivity contribution in [3.8, 4) is 10.9 Å². The molecule has 0 aliphatic heterocycles. The Labute approximate surface area is 77.1 Å². The molecule has 2 rings (SSSR count). The standard InChI is InChI=1S/C9H9P3/c1-7-4-2-3-5-8(7)9-6-10-12-11-9/h2-6,10H,1H3. The molecule has 1 unspecified atom stereocenters. The smallest absolute Gasteiger partial charge is 0.0182 e. The van der Waals surface area contributed by atoms with Gasteiger partial charge in [0.05, 0.1) is 0 Å². The fourth-order valence-corrected chi connectivity index (χ4v) is 6.69. The van der Waals surface area contributed by atoms with E-state index in [9.17, 15) is 0 Å². The third-order valence-corrected chi connectivity index (χ3v) is 6.92. The Hall–Kier alpha value is -0.140. The molecule has 2 aromatic rings. The molecular formula is C9H9P3. The van der Waals surface area contributed by atoms with Crippen LogP contribution in [0.15, 0.2) is 30.1 Å². The van der Waals surface area contributed by atoms with E-state index in [1.807, 2.05) is 0 Å². The lowest BCUT2D eigenvalue weighted by Crippen LogP contribution is -1.76. The monoisotopic (exact) mass is 210 g/mol. The zero-order chi connectivity index (χ0) is 8.39. The van der Waals surface area contributed by atoms with Crippen molar-refractivity contribution in [1.82, 2.24) is 0 Å². The molecule has 1 aromatic carbocycles. The Morgan fingerprint density at radius 3 is 2.75 bits per heavy atom. The van der Waals surface area contributed by atoms with E-state index in [0.29, 0.717) is 0 Å². The van der Waals surface area contributed by atoms with Crippen molar-refractivity contribution in [1.29, 1.82) is 0 Å². The summed E-state index contributed by atoms with van der Waals surface area (Å²) in [7, 11) is 4.05. The topological polar surface area (TPSA) is 0 Å². The van der Waals surface area contributed by atoms with Crippen molar-refractivity contribution in [2.75, 3.05) is 0 Å². The summed E-state index contributed by atoms with van der Waals surface area (Å²) < 4.78 is 0. The first-order valence-electron chi connectivity index (χ1n) is 3.80. The zero-order valence-electron chi connectivity index (χ0n) is 6.78. The highest BCUT2D eigenvalue weighted by molar-refractivity contribution is 8.17. The van der Waals surface area contributed by atoms with Gasteiger partial charge in [0.15, 0.2) is 0 Å². The molecule has 1 aromatic heterocycles. The molecule has 0 saturated heterocycles. The normalized spacial score (nSPS) is 12.1. The first kappa shape index (κ1) is 8.46. The second-order valence-corrected chi connectivity index (χ2v) is 7.88. The Bertz CT molecular complexity index is 365. The molecule has 0 aliphatic carbocycles. The Morgan fingerprint density at radius 2 is 2.08 bits per heavy atom. The number of benzene rings is 1. The fraction of sp³-hybridized carbons (Fsp3) is 0.111. The quantitative estimate of drug-likeness (QED) is 0.630. The summed E-state index contributed by atoms with van der Waals surface area (Å²) in [5.74, 6) is 2.38. The van der Waals surface area contributed by atoms with Crippen molar-refractivity contribution in [3.63, 3.8) is 0 Å². The third-order valence-electron chi connectivity index (χ3n) is 1.84. The predicted octanol–water partition coefficient (Wildman–Crippen LogP) is 4.85. The van der Waals surface area contributed by atoms with Crippen LogP contribution < -0.4 is 0 Å². The van der Waals surface area contributed by atoms with E-state index < -0.39 is 0 Å². The minimum atomic E-state index is 1.01. The highest BCUT2D eigenvalue weighted by Gasteiger charge is 1.99. The van der Waals surface area contributed by atoms with E-state index in [1.165, 1.54) is 24.3 Å². The molecule has 0 nitrogen and oxygen atoms in total. The zero-order valence-corrected chi connectivity index (χ0v) is 9.57. The van der Waals surface area contributed by atoms with Gasteiger partial charge in [-0.15, -0.1) is 7.87 Å². The predicted molar refractivity (Wildman–Crippen MR) is 61.1 cm³/mol. The van der Waals surface area contributed by atoms with Crippen LogP contribution in [-0.2, 0) is 0 Å². The van der Waals surface area contributed by atoms with Crippen LogP contribution in [0, 0.1) is 6.92 Å². The molecule has 0 N–H and O–H groups in total. The van der Waals surface area contributed by atoms with Crippen LogP contribution in [0.2, 0.25) is 0 Å². The first-order chi connectivity index (χ1) is 5.88. The molecular weight excluding hydrogens is 201 g/mol. The van der Waals surface area contributed by atoms with Gasteiger partial charge in [-0.05, 0) is 39.3 Å². The molecule has 0 aliphatic rings. The van der Waals surface area contributed by atoms with Crippen molar-refractivity contribution in [2.45, 2.75) is 6.92 Å². The number of rotatable bonds is 1. The van der Waals surface area contributed by atoms with Gasteiger partial charge in [-0.1, -0.05) is 24.3 Å². The van der Waals surface area contributed by atoms with Crippen molar-refractivity contribution in [3.05, 3.63) is 35.6 Å². The van der Waals surface area contributed by atoms with Crippen LogP contribution in [0.4, 0.5) is 0 Å². The van der Waals surface area contributed by atoms with E-state index in [0.717, 1.165) is 7.87 Å². The van der Waals surface area contributed by atoms with Crippen LogP contribution in [0.3, 0.4) is 0 Å². The summed E-state index contributed by atoms with van der Waals surface area (Å²) in [5, 5.41) is 1.52. The molecule has 1 atom stereocenters. The molecule has 0 amide bonds. The molecule has 60 valence electrons. The van der Waals surface area contributed by atoms with Gasteiger partial charge in [-0.3, -0.25) is 0 Å². The minimum Gasteiger partial charge on any atom is -0.105 e. The molecule has 0 saturated carbocycles. The maximum atomic E-state index is 2.38. The van der Waals surface area contributed by atoms with E-state index in [4.69, 9.17) is 0 Å². The number of hydrogen-bond acceptors (Lipinski definition) is 0. The second-order valence-electron chi connectivity index (χ2n) is 2.67. The van der Waals surface area contributed by atoms with Crippen LogP contribution in [0.5, 0.6) is 0 Å². The molecule has 1 heterocycles. The van der Waals surface area contributed by atoms with Crippen molar-refractivity contribution < 1.29 is 0 Å². The van der Waals surface area contributed by atoms with E-state index in [2.05, 4.69) is 37.0 Å². The third kappa shape index (κ3) is 1.62. The summed E-state index contributed by atoms with van der Waals surface area (Å²) in [6.07, 6.45) is 0. The van der Waals surface area contributed by atoms with Gasteiger partial charge in [-0.25, -0.2) is 0 Å². The van der Waals surface area contributed by atoms with E-state index in [1.54, 1.807) is 7.55 Å². The van der Waals surface area contributed by atoms with Gasteiger partial charge in [0.1, 0.15) is 0 Å². The Kier molecular flexibility index (Phi) is 2.62. The van der Waals surface area contributed by atoms with Crippen LogP contribution in [0.25, 0.3) is 10.9 Å². The first-order valence-corrected chi connectivity index (χ1v) is 8.22. The summed E-state index contributed by atoms with van der Waals surface area (Å²) in [4.78, 5) is 0. The number of hydrogen-bond donors (Lipinski definition) is 0. The summed E-state index contributed by atoms with van der Waals surface area (Å²) in [6.45, 7) is 2.18. The maximum Gasteiger partial charge on any atom is 0.0182 e. The highest BCUT2D eigenvalue weighted by Crippen LogP contribution is 2.43. The van der Waals surface area contributed by atoms with Gasteiger partial charge in [-0.2, -0.15) is 0 Å². The molecule has 0 bridgehead atoms. The summed E-state index contributed by atoms with van der Waals surface area (Å²) in [5.41, 5.74) is 2.84. The van der Waals surface area contributed by atoms with Gasteiger partial charge in [0.2, 0.25) is 0 Å². The lowest BCUT2D eigenvalue weighted by molar-refractivity contribution is 1.48. The van der Waals surface area contributed by atoms with Crippen LogP contribution >= 0.6 is 23.3 Å². The average molecular weight is 210 g/mol. The largest absolute Gasteiger partial charge is 0.105 e. The van der Waals surface area contributed by atoms with E-state index in [-0.39, 0.29) is 0 Å². The maximum absolute atomic E-state index is 2.38. The fourth-order valence-electron chi connectivity index (χ4n) is 1.19. The Morgan fingerprint density at radius 1 is 1.25 bits per heavy atom. The van der Waals surface area contributed by atoms with Crippen LogP contribution in [-0.4, -0.2) is 0 Å². The van der Waals surface area contributed by atoms with Gasteiger partial charge in [0.25, 0.3) is 0 Å². The van der Waals surface area contributed by atoms with Gasteiger partial charge < -0.3 is 0 Å². The molecule has 0 spiro atoms. The molecule has 3 heteroatoms. The van der Waals surface area contributed by atoms with Crippen LogP contribution in [0.1, 0.15) is 5.56 Å². The minimum absolute atomic E-state index is 1.01. The second kappa shape index (κ2) is 3.71. The average Bonchev–Trinajstić information content (AvgIpc) is 2.57. The molecule has 0 fully saturated rings. The molecule has 0 radical (unpaired) electrons. The lowest BCUT2D eigenvalue weighted by Gasteiger charge is -2.00. The van der Waals surface area contributed by atoms with Crippen molar-refractivity contribution >= 4 is 23.3 Å². The Balaban J connectivity index is 2.55. The van der Waals surface area contributed by atoms with Gasteiger partial charge >= 0.3 is 0 Å². The number of aryl methyl sites for hydroxylation is 1. The summed E-state index contributed by atoms with van der Waals surface area (Å²) in [6, 6.07) is 8.63. The van der Waals surface area contributed by atoms with Crippen molar-refractivity contribution in [2.24, 2.45) is 0 Å².